The van der Waals surface area contributed by atoms with Crippen molar-refractivity contribution in [1.82, 2.24) is 0 Å². The number of ether oxygens (including phenoxy) is 1. The fraction of sp³-hybridized carbons (Fsp3) is 0.174. The quantitative estimate of drug-likeness (QED) is 0.752. The molecule has 130 valence electrons. The molecule has 0 radical (unpaired) electrons. The molecule has 0 aromatic heterocycles. The maximum absolute atomic E-state index is 6.36. The summed E-state index contributed by atoms with van der Waals surface area (Å²) < 4.78 is 6.36. The van der Waals surface area contributed by atoms with Gasteiger partial charge in [-0.1, -0.05) is 72.8 Å². The average Bonchev–Trinajstić information content (AvgIpc) is 3.13. The van der Waals surface area contributed by atoms with E-state index in [9.17, 15) is 0 Å². The molecule has 3 heteroatoms. The van der Waals surface area contributed by atoms with Crippen LogP contribution in [0.15, 0.2) is 89.9 Å². The van der Waals surface area contributed by atoms with Gasteiger partial charge in [-0.25, -0.2) is 4.99 Å². The van der Waals surface area contributed by atoms with Crippen molar-refractivity contribution in [3.05, 3.63) is 107 Å². The van der Waals surface area contributed by atoms with Gasteiger partial charge >= 0.3 is 0 Å². The number of benzene rings is 3. The van der Waals surface area contributed by atoms with Gasteiger partial charge in [-0.3, -0.25) is 0 Å². The van der Waals surface area contributed by atoms with E-state index in [0.29, 0.717) is 12.4 Å². The molecule has 2 atom stereocenters. The maximum Gasteiger partial charge on any atom is 0.217 e. The first-order valence-electron chi connectivity index (χ1n) is 8.97. The normalized spacial score (nSPS) is 19.0. The predicted molar refractivity (Wildman–Crippen MR) is 105 cm³/mol. The number of nitrogens with zero attached hydrogens (tertiary/aromatic N) is 1. The monoisotopic (exact) mass is 342 g/mol. The highest BCUT2D eigenvalue weighted by atomic mass is 16.5. The largest absolute Gasteiger partial charge is 0.467 e. The minimum atomic E-state index is -0.120. The molecule has 2 N–H and O–H groups in total. The van der Waals surface area contributed by atoms with E-state index in [1.54, 1.807) is 0 Å². The van der Waals surface area contributed by atoms with Gasteiger partial charge in [0, 0.05) is 12.1 Å². The lowest BCUT2D eigenvalue weighted by Gasteiger charge is -2.20. The first-order valence-corrected chi connectivity index (χ1v) is 8.97. The van der Waals surface area contributed by atoms with Crippen LogP contribution in [0.1, 0.15) is 28.4 Å². The van der Waals surface area contributed by atoms with E-state index in [1.165, 1.54) is 5.56 Å². The molecule has 1 aliphatic rings. The smallest absolute Gasteiger partial charge is 0.217 e. The third-order valence-corrected chi connectivity index (χ3v) is 4.76. The molecule has 3 aromatic rings. The van der Waals surface area contributed by atoms with Crippen LogP contribution in [0.4, 0.5) is 0 Å². The average molecular weight is 342 g/mol. The Morgan fingerprint density at radius 2 is 1.46 bits per heavy atom. The molecule has 0 fully saturated rings. The molecule has 0 bridgehead atoms. The van der Waals surface area contributed by atoms with E-state index < -0.39 is 0 Å². The topological polar surface area (TPSA) is 47.6 Å². The van der Waals surface area contributed by atoms with Crippen molar-refractivity contribution in [2.75, 3.05) is 0 Å². The predicted octanol–water partition coefficient (Wildman–Crippen LogP) is 4.27. The number of nitrogens with two attached hydrogens (primary N) is 1. The second kappa shape index (κ2) is 7.54. The first-order chi connectivity index (χ1) is 12.8. The van der Waals surface area contributed by atoms with Crippen molar-refractivity contribution in [2.24, 2.45) is 10.7 Å². The lowest BCUT2D eigenvalue weighted by Crippen LogP contribution is -2.19. The number of aliphatic imine (C=N–C) groups is 1. The zero-order chi connectivity index (χ0) is 17.8. The van der Waals surface area contributed by atoms with Crippen LogP contribution >= 0.6 is 0 Å². The molecular formula is C23H22N2O. The van der Waals surface area contributed by atoms with Crippen molar-refractivity contribution < 1.29 is 4.74 Å². The Bertz CT molecular complexity index is 890. The highest BCUT2D eigenvalue weighted by Gasteiger charge is 2.34. The summed E-state index contributed by atoms with van der Waals surface area (Å²) in [5, 5.41) is 0. The molecule has 0 spiro atoms. The Morgan fingerprint density at radius 3 is 2.19 bits per heavy atom. The van der Waals surface area contributed by atoms with Gasteiger partial charge in [0.2, 0.25) is 5.90 Å². The molecule has 26 heavy (non-hydrogen) atoms. The van der Waals surface area contributed by atoms with E-state index in [-0.39, 0.29) is 12.1 Å². The Morgan fingerprint density at radius 1 is 0.808 bits per heavy atom. The van der Waals surface area contributed by atoms with Crippen molar-refractivity contribution in [3.8, 4) is 0 Å². The van der Waals surface area contributed by atoms with Gasteiger partial charge in [-0.05, 0) is 35.2 Å². The molecule has 2 unspecified atom stereocenters. The van der Waals surface area contributed by atoms with Crippen molar-refractivity contribution in [3.63, 3.8) is 0 Å². The van der Waals surface area contributed by atoms with E-state index in [0.717, 1.165) is 23.1 Å². The highest BCUT2D eigenvalue weighted by molar-refractivity contribution is 5.95. The molecule has 0 saturated heterocycles. The zero-order valence-electron chi connectivity index (χ0n) is 14.6. The van der Waals surface area contributed by atoms with Crippen molar-refractivity contribution in [1.29, 1.82) is 0 Å². The molecule has 0 amide bonds. The van der Waals surface area contributed by atoms with Gasteiger partial charge in [-0.15, -0.1) is 0 Å². The number of hydrogen-bond acceptors (Lipinski definition) is 3. The molecule has 1 aliphatic heterocycles. The summed E-state index contributed by atoms with van der Waals surface area (Å²) in [6, 6.07) is 28.8. The van der Waals surface area contributed by atoms with Crippen molar-refractivity contribution in [2.45, 2.75) is 25.1 Å². The summed E-state index contributed by atoms with van der Waals surface area (Å²) in [6.45, 7) is 0.495. The van der Waals surface area contributed by atoms with Crippen LogP contribution in [0.2, 0.25) is 0 Å². The van der Waals surface area contributed by atoms with Gasteiger partial charge in [0.1, 0.15) is 6.10 Å². The molecular weight excluding hydrogens is 320 g/mol. The van der Waals surface area contributed by atoms with Gasteiger partial charge in [0.25, 0.3) is 0 Å². The fourth-order valence-electron chi connectivity index (χ4n) is 3.45. The van der Waals surface area contributed by atoms with Crippen LogP contribution in [0.3, 0.4) is 0 Å². The summed E-state index contributed by atoms with van der Waals surface area (Å²) >= 11 is 0. The third kappa shape index (κ3) is 3.39. The summed E-state index contributed by atoms with van der Waals surface area (Å²) in [5.74, 6) is 0.711. The summed E-state index contributed by atoms with van der Waals surface area (Å²) in [7, 11) is 0. The molecule has 3 aromatic carbocycles. The standard InChI is InChI=1S/C23H22N2O/c24-16-19-13-7-8-14-20(19)22-21(15-17-9-3-1-4-10-17)25-23(26-22)18-11-5-2-6-12-18/h1-14,21-22H,15-16,24H2. The van der Waals surface area contributed by atoms with Gasteiger partial charge < -0.3 is 10.5 Å². The number of rotatable bonds is 5. The second-order valence-electron chi connectivity index (χ2n) is 6.50. The molecule has 4 rings (SSSR count). The zero-order valence-corrected chi connectivity index (χ0v) is 14.6. The van der Waals surface area contributed by atoms with Crippen LogP contribution in [0, 0.1) is 0 Å². The van der Waals surface area contributed by atoms with E-state index in [2.05, 4.69) is 36.4 Å². The molecule has 0 aliphatic carbocycles. The second-order valence-corrected chi connectivity index (χ2v) is 6.50. The lowest BCUT2D eigenvalue weighted by molar-refractivity contribution is 0.194. The fourth-order valence-corrected chi connectivity index (χ4v) is 3.45. The van der Waals surface area contributed by atoms with E-state index in [4.69, 9.17) is 15.5 Å². The maximum atomic E-state index is 6.36. The van der Waals surface area contributed by atoms with Crippen LogP contribution in [-0.4, -0.2) is 11.9 Å². The Hall–Kier alpha value is -2.91. The molecule has 1 heterocycles. The van der Waals surface area contributed by atoms with Crippen LogP contribution in [0.25, 0.3) is 0 Å². The Balaban J connectivity index is 1.70. The van der Waals surface area contributed by atoms with Gasteiger partial charge in [0.15, 0.2) is 0 Å². The number of hydrogen-bond donors (Lipinski definition) is 1. The molecule has 0 saturated carbocycles. The molecule has 3 nitrogen and oxygen atoms in total. The lowest BCUT2D eigenvalue weighted by atomic mass is 9.94. The SMILES string of the molecule is NCc1ccccc1C1OC(c2ccccc2)=NC1Cc1ccccc1. The first kappa shape index (κ1) is 16.6. The van der Waals surface area contributed by atoms with E-state index in [1.807, 2.05) is 48.5 Å². The van der Waals surface area contributed by atoms with Crippen molar-refractivity contribution >= 4 is 5.90 Å². The Kier molecular flexibility index (Phi) is 4.80. The summed E-state index contributed by atoms with van der Waals surface area (Å²) in [5.41, 5.74) is 10.5. The van der Waals surface area contributed by atoms with Gasteiger partial charge in [-0.2, -0.15) is 0 Å². The van der Waals surface area contributed by atoms with E-state index >= 15 is 0 Å². The van der Waals surface area contributed by atoms with Crippen LogP contribution in [0.5, 0.6) is 0 Å². The highest BCUT2D eigenvalue weighted by Crippen LogP contribution is 2.34. The van der Waals surface area contributed by atoms with Crippen LogP contribution in [-0.2, 0) is 17.7 Å². The van der Waals surface area contributed by atoms with Gasteiger partial charge in [0.05, 0.1) is 6.04 Å². The van der Waals surface area contributed by atoms with Crippen LogP contribution < -0.4 is 5.73 Å². The third-order valence-electron chi connectivity index (χ3n) is 4.76. The minimum Gasteiger partial charge on any atom is -0.467 e. The summed E-state index contributed by atoms with van der Waals surface area (Å²) in [4.78, 5) is 4.94. The Labute approximate surface area is 154 Å². The minimum absolute atomic E-state index is 0.0281. The summed E-state index contributed by atoms with van der Waals surface area (Å²) in [6.07, 6.45) is 0.714.